The Morgan fingerprint density at radius 1 is 1.40 bits per heavy atom. The summed E-state index contributed by atoms with van der Waals surface area (Å²) in [6.07, 6.45) is 3.04. The molecule has 0 radical (unpaired) electrons. The van der Waals surface area contributed by atoms with Gasteiger partial charge in [-0.25, -0.2) is 0 Å². The SMILES string of the molecule is NC(=NO)C1CCCN(C(=O)CCc2ccccc2)C1. The molecule has 1 heterocycles. The number of nitrogens with zero attached hydrogens (tertiary/aromatic N) is 2. The zero-order valence-electron chi connectivity index (χ0n) is 11.5. The van der Waals surface area contributed by atoms with Crippen LogP contribution in [0.2, 0.25) is 0 Å². The van der Waals surface area contributed by atoms with E-state index < -0.39 is 0 Å². The van der Waals surface area contributed by atoms with Crippen LogP contribution in [0.4, 0.5) is 0 Å². The summed E-state index contributed by atoms with van der Waals surface area (Å²) in [5, 5.41) is 11.8. The Labute approximate surface area is 119 Å². The lowest BCUT2D eigenvalue weighted by molar-refractivity contribution is -0.132. The van der Waals surface area contributed by atoms with Gasteiger partial charge in [0.25, 0.3) is 0 Å². The van der Waals surface area contributed by atoms with Gasteiger partial charge < -0.3 is 15.8 Å². The first-order valence-corrected chi connectivity index (χ1v) is 7.00. The molecule has 1 unspecified atom stereocenters. The highest BCUT2D eigenvalue weighted by Crippen LogP contribution is 2.18. The number of carbonyl (C=O) groups is 1. The Hall–Kier alpha value is -2.04. The maximum atomic E-state index is 12.2. The molecule has 5 heteroatoms. The van der Waals surface area contributed by atoms with Crippen LogP contribution in [0.5, 0.6) is 0 Å². The average molecular weight is 275 g/mol. The number of benzene rings is 1. The minimum absolute atomic E-state index is 0.0191. The molecule has 2 rings (SSSR count). The smallest absolute Gasteiger partial charge is 0.222 e. The number of hydrogen-bond donors (Lipinski definition) is 2. The summed E-state index contributed by atoms with van der Waals surface area (Å²) in [7, 11) is 0. The second kappa shape index (κ2) is 6.93. The number of nitrogens with two attached hydrogens (primary N) is 1. The van der Waals surface area contributed by atoms with Crippen LogP contribution in [0.25, 0.3) is 0 Å². The second-order valence-electron chi connectivity index (χ2n) is 5.19. The molecule has 0 saturated carbocycles. The van der Waals surface area contributed by atoms with Crippen molar-refractivity contribution < 1.29 is 10.0 Å². The van der Waals surface area contributed by atoms with Crippen molar-refractivity contribution in [2.75, 3.05) is 13.1 Å². The first kappa shape index (κ1) is 14.4. The fourth-order valence-electron chi connectivity index (χ4n) is 2.58. The molecular weight excluding hydrogens is 254 g/mol. The van der Waals surface area contributed by atoms with Crippen molar-refractivity contribution in [3.05, 3.63) is 35.9 Å². The van der Waals surface area contributed by atoms with Crippen LogP contribution in [0, 0.1) is 5.92 Å². The molecular formula is C15H21N3O2. The minimum atomic E-state index is -0.0191. The van der Waals surface area contributed by atoms with Crippen molar-refractivity contribution in [3.8, 4) is 0 Å². The molecule has 0 aliphatic carbocycles. The Kier molecular flexibility index (Phi) is 4.98. The van der Waals surface area contributed by atoms with Gasteiger partial charge in [0.1, 0.15) is 5.84 Å². The van der Waals surface area contributed by atoms with Crippen LogP contribution in [0.15, 0.2) is 35.5 Å². The number of piperidine rings is 1. The number of likely N-dealkylation sites (tertiary alicyclic amines) is 1. The number of hydrogen-bond acceptors (Lipinski definition) is 3. The molecule has 0 spiro atoms. The number of carbonyl (C=O) groups excluding carboxylic acids is 1. The highest BCUT2D eigenvalue weighted by Gasteiger charge is 2.25. The average Bonchev–Trinajstić information content (AvgIpc) is 2.53. The molecule has 1 atom stereocenters. The quantitative estimate of drug-likeness (QED) is 0.379. The summed E-state index contributed by atoms with van der Waals surface area (Å²) in [4.78, 5) is 14.0. The van der Waals surface area contributed by atoms with Crippen LogP contribution in [0.1, 0.15) is 24.8 Å². The van der Waals surface area contributed by atoms with E-state index in [2.05, 4.69) is 5.16 Å². The largest absolute Gasteiger partial charge is 0.409 e. The van der Waals surface area contributed by atoms with Crippen molar-refractivity contribution in [1.29, 1.82) is 0 Å². The van der Waals surface area contributed by atoms with Crippen molar-refractivity contribution in [2.24, 2.45) is 16.8 Å². The van der Waals surface area contributed by atoms with E-state index in [1.807, 2.05) is 35.2 Å². The number of amides is 1. The lowest BCUT2D eigenvalue weighted by atomic mass is 9.96. The Balaban J connectivity index is 1.86. The van der Waals surface area contributed by atoms with Crippen molar-refractivity contribution in [3.63, 3.8) is 0 Å². The van der Waals surface area contributed by atoms with Gasteiger partial charge in [-0.1, -0.05) is 35.5 Å². The van der Waals surface area contributed by atoms with E-state index in [4.69, 9.17) is 10.9 Å². The summed E-state index contributed by atoms with van der Waals surface area (Å²) in [6, 6.07) is 9.99. The first-order valence-electron chi connectivity index (χ1n) is 7.00. The summed E-state index contributed by atoms with van der Waals surface area (Å²) in [5.74, 6) is 0.351. The van der Waals surface area contributed by atoms with Crippen LogP contribution in [-0.2, 0) is 11.2 Å². The second-order valence-corrected chi connectivity index (χ2v) is 5.19. The third kappa shape index (κ3) is 3.73. The highest BCUT2D eigenvalue weighted by molar-refractivity contribution is 5.84. The Morgan fingerprint density at radius 2 is 2.15 bits per heavy atom. The third-order valence-corrected chi connectivity index (χ3v) is 3.78. The first-order chi connectivity index (χ1) is 9.70. The molecule has 1 amide bonds. The van der Waals surface area contributed by atoms with E-state index in [1.165, 1.54) is 5.56 Å². The normalized spacial score (nSPS) is 19.9. The monoisotopic (exact) mass is 275 g/mol. The molecule has 1 aliphatic heterocycles. The summed E-state index contributed by atoms with van der Waals surface area (Å²) >= 11 is 0. The zero-order chi connectivity index (χ0) is 14.4. The van der Waals surface area contributed by atoms with Crippen LogP contribution >= 0.6 is 0 Å². The van der Waals surface area contributed by atoms with Gasteiger partial charge in [-0.2, -0.15) is 0 Å². The van der Waals surface area contributed by atoms with Gasteiger partial charge in [0, 0.05) is 25.4 Å². The molecule has 1 aromatic rings. The van der Waals surface area contributed by atoms with Crippen molar-refractivity contribution >= 4 is 11.7 Å². The van der Waals surface area contributed by atoms with Gasteiger partial charge >= 0.3 is 0 Å². The lowest BCUT2D eigenvalue weighted by Crippen LogP contribution is -2.44. The molecule has 20 heavy (non-hydrogen) atoms. The van der Waals surface area contributed by atoms with Crippen LogP contribution < -0.4 is 5.73 Å². The van der Waals surface area contributed by atoms with Gasteiger partial charge in [0.15, 0.2) is 0 Å². The summed E-state index contributed by atoms with van der Waals surface area (Å²) in [6.45, 7) is 1.33. The molecule has 1 aromatic carbocycles. The highest BCUT2D eigenvalue weighted by atomic mass is 16.4. The molecule has 1 fully saturated rings. The van der Waals surface area contributed by atoms with Crippen molar-refractivity contribution in [2.45, 2.75) is 25.7 Å². The standard InChI is InChI=1S/C15H21N3O2/c16-15(17-20)13-7-4-10-18(11-13)14(19)9-8-12-5-2-1-3-6-12/h1-3,5-6,13,20H,4,7-11H2,(H2,16,17). The van der Waals surface area contributed by atoms with E-state index in [1.54, 1.807) is 0 Å². The molecule has 0 aromatic heterocycles. The molecule has 1 saturated heterocycles. The predicted octanol–water partition coefficient (Wildman–Crippen LogP) is 1.60. The van der Waals surface area contributed by atoms with Gasteiger partial charge in [-0.05, 0) is 24.8 Å². The lowest BCUT2D eigenvalue weighted by Gasteiger charge is -2.32. The van der Waals surface area contributed by atoms with Crippen LogP contribution in [-0.4, -0.2) is 34.9 Å². The van der Waals surface area contributed by atoms with Gasteiger partial charge in [-0.15, -0.1) is 0 Å². The number of amidine groups is 1. The minimum Gasteiger partial charge on any atom is -0.409 e. The maximum absolute atomic E-state index is 12.2. The van der Waals surface area contributed by atoms with E-state index in [-0.39, 0.29) is 17.7 Å². The maximum Gasteiger partial charge on any atom is 0.222 e. The predicted molar refractivity (Wildman–Crippen MR) is 77.5 cm³/mol. The molecule has 108 valence electrons. The summed E-state index contributed by atoms with van der Waals surface area (Å²) in [5.41, 5.74) is 6.81. The Morgan fingerprint density at radius 3 is 2.85 bits per heavy atom. The van der Waals surface area contributed by atoms with E-state index in [0.717, 1.165) is 25.8 Å². The van der Waals surface area contributed by atoms with E-state index in [9.17, 15) is 4.79 Å². The van der Waals surface area contributed by atoms with Crippen molar-refractivity contribution in [1.82, 2.24) is 4.90 Å². The van der Waals surface area contributed by atoms with Gasteiger partial charge in [0.2, 0.25) is 5.91 Å². The zero-order valence-corrected chi connectivity index (χ0v) is 11.5. The van der Waals surface area contributed by atoms with E-state index in [0.29, 0.717) is 13.0 Å². The molecule has 5 nitrogen and oxygen atoms in total. The van der Waals surface area contributed by atoms with E-state index >= 15 is 0 Å². The molecule has 3 N–H and O–H groups in total. The van der Waals surface area contributed by atoms with Gasteiger partial charge in [0.05, 0.1) is 0 Å². The fraction of sp³-hybridized carbons (Fsp3) is 0.467. The van der Waals surface area contributed by atoms with Gasteiger partial charge in [-0.3, -0.25) is 4.79 Å². The number of rotatable bonds is 4. The third-order valence-electron chi connectivity index (χ3n) is 3.78. The summed E-state index contributed by atoms with van der Waals surface area (Å²) < 4.78 is 0. The topological polar surface area (TPSA) is 78.9 Å². The molecule has 0 bridgehead atoms. The number of oxime groups is 1. The van der Waals surface area contributed by atoms with Crippen LogP contribution in [0.3, 0.4) is 0 Å². The number of aryl methyl sites for hydroxylation is 1. The molecule has 1 aliphatic rings. The fourth-order valence-corrected chi connectivity index (χ4v) is 2.58. The Bertz CT molecular complexity index is 473.